The average Bonchev–Trinajstić information content (AvgIpc) is 2.50. The zero-order chi connectivity index (χ0) is 13.8. The third-order valence-corrected chi connectivity index (χ3v) is 4.21. The topological polar surface area (TPSA) is 28.2 Å². The minimum atomic E-state index is 0.713. The molecule has 1 fully saturated rings. The molecule has 3 nitrogen and oxygen atoms in total. The summed E-state index contributed by atoms with van der Waals surface area (Å²) in [5.74, 6) is 0. The quantitative estimate of drug-likeness (QED) is 0.925. The maximum absolute atomic E-state index is 4.44. The van der Waals surface area contributed by atoms with Crippen molar-refractivity contribution in [3.8, 4) is 0 Å². The maximum Gasteiger partial charge on any atom is 0.0705 e. The number of pyridine rings is 1. The zero-order valence-corrected chi connectivity index (χ0v) is 12.2. The second-order valence-electron chi connectivity index (χ2n) is 5.60. The molecule has 1 N–H and O–H groups in total. The third-order valence-electron chi connectivity index (χ3n) is 4.21. The van der Waals surface area contributed by atoms with Crippen molar-refractivity contribution < 1.29 is 0 Å². The van der Waals surface area contributed by atoms with Crippen LogP contribution >= 0.6 is 0 Å². The van der Waals surface area contributed by atoms with Crippen LogP contribution in [0.25, 0.3) is 10.9 Å². The van der Waals surface area contributed by atoms with Gasteiger partial charge in [0.25, 0.3) is 0 Å². The minimum Gasteiger partial charge on any atom is -0.314 e. The summed E-state index contributed by atoms with van der Waals surface area (Å²) in [5.41, 5.74) is 2.50. The van der Waals surface area contributed by atoms with E-state index in [9.17, 15) is 0 Å². The Morgan fingerprint density at radius 2 is 2.00 bits per heavy atom. The molecule has 2 aromatic rings. The van der Waals surface area contributed by atoms with E-state index in [-0.39, 0.29) is 0 Å². The lowest BCUT2D eigenvalue weighted by molar-refractivity contribution is 0.192. The molecule has 1 aliphatic rings. The number of nitrogens with one attached hydrogen (secondary N) is 1. The minimum absolute atomic E-state index is 0.713. The van der Waals surface area contributed by atoms with Crippen LogP contribution in [-0.4, -0.2) is 35.6 Å². The van der Waals surface area contributed by atoms with E-state index in [1.54, 1.807) is 0 Å². The first-order chi connectivity index (χ1) is 9.86. The molecule has 1 aromatic carbocycles. The van der Waals surface area contributed by atoms with E-state index >= 15 is 0 Å². The molecule has 0 aliphatic carbocycles. The van der Waals surface area contributed by atoms with Gasteiger partial charge in [0.15, 0.2) is 0 Å². The largest absolute Gasteiger partial charge is 0.314 e. The molecule has 0 atom stereocenters. The molecule has 1 saturated heterocycles. The lowest BCUT2D eigenvalue weighted by atomic mass is 10.0. The summed E-state index contributed by atoms with van der Waals surface area (Å²) in [4.78, 5) is 7.01. The SMILES string of the molecule is CCNC1CCN(Cc2ccnc3ccccc23)CC1. The maximum atomic E-state index is 4.44. The lowest BCUT2D eigenvalue weighted by Crippen LogP contribution is -2.42. The van der Waals surface area contributed by atoms with Gasteiger partial charge in [-0.25, -0.2) is 0 Å². The molecule has 3 rings (SSSR count). The summed E-state index contributed by atoms with van der Waals surface area (Å²) in [6.07, 6.45) is 4.46. The summed E-state index contributed by atoms with van der Waals surface area (Å²) in [6, 6.07) is 11.3. The van der Waals surface area contributed by atoms with Crippen molar-refractivity contribution in [2.24, 2.45) is 0 Å². The molecule has 106 valence electrons. The summed E-state index contributed by atoms with van der Waals surface area (Å²) in [7, 11) is 0. The van der Waals surface area contributed by atoms with Gasteiger partial charge in [0.2, 0.25) is 0 Å². The predicted octanol–water partition coefficient (Wildman–Crippen LogP) is 2.81. The van der Waals surface area contributed by atoms with Gasteiger partial charge < -0.3 is 5.32 Å². The Morgan fingerprint density at radius 1 is 1.20 bits per heavy atom. The molecule has 3 heteroatoms. The van der Waals surface area contributed by atoms with E-state index in [0.29, 0.717) is 6.04 Å². The molecule has 0 saturated carbocycles. The number of fused-ring (bicyclic) bond motifs is 1. The number of rotatable bonds is 4. The number of hydrogen-bond acceptors (Lipinski definition) is 3. The summed E-state index contributed by atoms with van der Waals surface area (Å²) in [6.45, 7) is 6.69. The Labute approximate surface area is 121 Å². The standard InChI is InChI=1S/C17H23N3/c1-2-18-15-8-11-20(12-9-15)13-14-7-10-19-17-6-4-3-5-16(14)17/h3-7,10,15,18H,2,8-9,11-13H2,1H3. The number of aromatic nitrogens is 1. The Hall–Kier alpha value is -1.45. The van der Waals surface area contributed by atoms with Crippen molar-refractivity contribution in [1.29, 1.82) is 0 Å². The Balaban J connectivity index is 1.68. The fourth-order valence-corrected chi connectivity index (χ4v) is 3.12. The van der Waals surface area contributed by atoms with Crippen molar-refractivity contribution in [2.45, 2.75) is 32.4 Å². The second kappa shape index (κ2) is 6.33. The molecule has 2 heterocycles. The predicted molar refractivity (Wildman–Crippen MR) is 83.7 cm³/mol. The first-order valence-electron chi connectivity index (χ1n) is 7.65. The van der Waals surface area contributed by atoms with Gasteiger partial charge in [-0.1, -0.05) is 25.1 Å². The van der Waals surface area contributed by atoms with E-state index < -0.39 is 0 Å². The van der Waals surface area contributed by atoms with Crippen molar-refractivity contribution in [2.75, 3.05) is 19.6 Å². The van der Waals surface area contributed by atoms with Crippen LogP contribution in [0.2, 0.25) is 0 Å². The van der Waals surface area contributed by atoms with Crippen LogP contribution < -0.4 is 5.32 Å². The number of para-hydroxylation sites is 1. The lowest BCUT2D eigenvalue weighted by Gasteiger charge is -2.32. The van der Waals surface area contributed by atoms with Crippen LogP contribution in [0.4, 0.5) is 0 Å². The fourth-order valence-electron chi connectivity index (χ4n) is 3.12. The van der Waals surface area contributed by atoms with E-state index in [1.807, 2.05) is 6.20 Å². The van der Waals surface area contributed by atoms with Gasteiger partial charge in [-0.15, -0.1) is 0 Å². The molecular formula is C17H23N3. The molecule has 1 aliphatic heterocycles. The van der Waals surface area contributed by atoms with Crippen molar-refractivity contribution in [1.82, 2.24) is 15.2 Å². The Bertz CT molecular complexity index is 554. The molecule has 0 spiro atoms. The van der Waals surface area contributed by atoms with Gasteiger partial charge in [0.1, 0.15) is 0 Å². The van der Waals surface area contributed by atoms with E-state index in [4.69, 9.17) is 0 Å². The monoisotopic (exact) mass is 269 g/mol. The summed E-state index contributed by atoms with van der Waals surface area (Å²) in [5, 5.41) is 4.86. The van der Waals surface area contributed by atoms with Crippen LogP contribution in [0.1, 0.15) is 25.3 Å². The third kappa shape index (κ3) is 3.00. The number of nitrogens with zero attached hydrogens (tertiary/aromatic N) is 2. The number of hydrogen-bond donors (Lipinski definition) is 1. The highest BCUT2D eigenvalue weighted by atomic mass is 15.1. The number of benzene rings is 1. The smallest absolute Gasteiger partial charge is 0.0705 e. The highest BCUT2D eigenvalue weighted by Gasteiger charge is 2.18. The van der Waals surface area contributed by atoms with Crippen LogP contribution in [0, 0.1) is 0 Å². The van der Waals surface area contributed by atoms with Gasteiger partial charge in [0, 0.05) is 24.2 Å². The molecule has 0 unspecified atom stereocenters. The normalized spacial score (nSPS) is 17.6. The van der Waals surface area contributed by atoms with Gasteiger partial charge in [-0.05, 0) is 50.2 Å². The van der Waals surface area contributed by atoms with Crippen LogP contribution in [-0.2, 0) is 6.54 Å². The molecule has 20 heavy (non-hydrogen) atoms. The van der Waals surface area contributed by atoms with Crippen molar-refractivity contribution in [3.05, 3.63) is 42.1 Å². The molecule has 0 bridgehead atoms. The first kappa shape index (κ1) is 13.5. The van der Waals surface area contributed by atoms with Gasteiger partial charge in [-0.3, -0.25) is 9.88 Å². The van der Waals surface area contributed by atoms with E-state index in [1.165, 1.54) is 36.9 Å². The highest BCUT2D eigenvalue weighted by molar-refractivity contribution is 5.81. The van der Waals surface area contributed by atoms with Crippen molar-refractivity contribution in [3.63, 3.8) is 0 Å². The second-order valence-corrected chi connectivity index (χ2v) is 5.60. The van der Waals surface area contributed by atoms with Gasteiger partial charge in [-0.2, -0.15) is 0 Å². The first-order valence-corrected chi connectivity index (χ1v) is 7.65. The Kier molecular flexibility index (Phi) is 4.28. The summed E-state index contributed by atoms with van der Waals surface area (Å²) < 4.78 is 0. The van der Waals surface area contributed by atoms with Crippen LogP contribution in [0.15, 0.2) is 36.5 Å². The zero-order valence-electron chi connectivity index (χ0n) is 12.2. The average molecular weight is 269 g/mol. The van der Waals surface area contributed by atoms with Gasteiger partial charge >= 0.3 is 0 Å². The van der Waals surface area contributed by atoms with E-state index in [0.717, 1.165) is 18.6 Å². The number of likely N-dealkylation sites (tertiary alicyclic amines) is 1. The molecule has 1 aromatic heterocycles. The molecule has 0 radical (unpaired) electrons. The Morgan fingerprint density at radius 3 is 2.80 bits per heavy atom. The van der Waals surface area contributed by atoms with Gasteiger partial charge in [0.05, 0.1) is 5.52 Å². The number of piperidine rings is 1. The van der Waals surface area contributed by atoms with E-state index in [2.05, 4.69) is 52.5 Å². The van der Waals surface area contributed by atoms with Crippen LogP contribution in [0.3, 0.4) is 0 Å². The fraction of sp³-hybridized carbons (Fsp3) is 0.471. The van der Waals surface area contributed by atoms with Crippen molar-refractivity contribution >= 4 is 10.9 Å². The van der Waals surface area contributed by atoms with Crippen LogP contribution in [0.5, 0.6) is 0 Å². The molecule has 0 amide bonds. The highest BCUT2D eigenvalue weighted by Crippen LogP contribution is 2.20. The summed E-state index contributed by atoms with van der Waals surface area (Å²) >= 11 is 0. The molecular weight excluding hydrogens is 246 g/mol.